The summed E-state index contributed by atoms with van der Waals surface area (Å²) in [6.45, 7) is 0. The van der Waals surface area contributed by atoms with Gasteiger partial charge >= 0.3 is 0 Å². The molecule has 2 heterocycles. The van der Waals surface area contributed by atoms with Crippen molar-refractivity contribution in [1.82, 2.24) is 19.8 Å². The summed E-state index contributed by atoms with van der Waals surface area (Å²) in [6, 6.07) is 28.9. The minimum Gasteiger partial charge on any atom is -0.183 e. The third-order valence-corrected chi connectivity index (χ3v) is 6.29. The van der Waals surface area contributed by atoms with Gasteiger partial charge in [-0.15, -0.1) is 10.2 Å². The van der Waals surface area contributed by atoms with Crippen LogP contribution in [-0.4, -0.2) is 19.8 Å². The predicted octanol–water partition coefficient (Wildman–Crippen LogP) is 5.80. The number of benzene rings is 3. The first-order chi connectivity index (χ1) is 13.8. The van der Waals surface area contributed by atoms with Crippen molar-refractivity contribution in [3.63, 3.8) is 0 Å². The van der Waals surface area contributed by atoms with Gasteiger partial charge < -0.3 is 0 Å². The number of halogens is 1. The van der Waals surface area contributed by atoms with E-state index in [1.54, 1.807) is 11.3 Å². The molecule has 2 aromatic heterocycles. The second kappa shape index (κ2) is 7.30. The molecule has 0 aliphatic heterocycles. The SMILES string of the molecule is Brc1ccccc1-c1nnc2sc(C(c3ccccc3)c3ccccc3)nn12. The van der Waals surface area contributed by atoms with Crippen molar-refractivity contribution >= 4 is 32.2 Å². The molecule has 136 valence electrons. The largest absolute Gasteiger partial charge is 0.234 e. The van der Waals surface area contributed by atoms with Crippen molar-refractivity contribution in [1.29, 1.82) is 0 Å². The Morgan fingerprint density at radius 2 is 1.36 bits per heavy atom. The van der Waals surface area contributed by atoms with Gasteiger partial charge in [-0.2, -0.15) is 9.61 Å². The van der Waals surface area contributed by atoms with Crippen molar-refractivity contribution in [2.75, 3.05) is 0 Å². The molecule has 0 radical (unpaired) electrons. The van der Waals surface area contributed by atoms with Crippen LogP contribution in [0.5, 0.6) is 0 Å². The summed E-state index contributed by atoms with van der Waals surface area (Å²) in [5, 5.41) is 14.7. The van der Waals surface area contributed by atoms with Crippen LogP contribution in [0.4, 0.5) is 0 Å². The van der Waals surface area contributed by atoms with Gasteiger partial charge in [0.1, 0.15) is 5.01 Å². The first kappa shape index (κ1) is 17.3. The lowest BCUT2D eigenvalue weighted by Crippen LogP contribution is -2.04. The summed E-state index contributed by atoms with van der Waals surface area (Å²) in [7, 11) is 0. The molecule has 0 atom stereocenters. The van der Waals surface area contributed by atoms with E-state index in [0.717, 1.165) is 25.8 Å². The van der Waals surface area contributed by atoms with Crippen molar-refractivity contribution in [2.45, 2.75) is 5.92 Å². The summed E-state index contributed by atoms with van der Waals surface area (Å²) >= 11 is 5.19. The second-order valence-corrected chi connectivity index (χ2v) is 8.23. The standard InChI is InChI=1S/C22H15BrN4S/c23-18-14-8-7-13-17(18)20-24-25-22-27(20)26-21(28-22)19(15-9-3-1-4-10-15)16-11-5-2-6-12-16/h1-14,19H. The average molecular weight is 447 g/mol. The van der Waals surface area contributed by atoms with E-state index < -0.39 is 0 Å². The summed E-state index contributed by atoms with van der Waals surface area (Å²) in [6.07, 6.45) is 0. The molecule has 0 saturated carbocycles. The molecular weight excluding hydrogens is 432 g/mol. The molecule has 4 nitrogen and oxygen atoms in total. The van der Waals surface area contributed by atoms with Crippen LogP contribution < -0.4 is 0 Å². The van der Waals surface area contributed by atoms with Crippen LogP contribution in [0.1, 0.15) is 22.1 Å². The van der Waals surface area contributed by atoms with Gasteiger partial charge in [0, 0.05) is 10.0 Å². The lowest BCUT2D eigenvalue weighted by atomic mass is 9.92. The minimum atomic E-state index is 0.0566. The van der Waals surface area contributed by atoms with Gasteiger partial charge in [-0.3, -0.25) is 0 Å². The van der Waals surface area contributed by atoms with Crippen LogP contribution in [0.25, 0.3) is 16.3 Å². The Hall–Kier alpha value is -2.83. The molecular formula is C22H15BrN4S. The average Bonchev–Trinajstić information content (AvgIpc) is 3.31. The van der Waals surface area contributed by atoms with E-state index >= 15 is 0 Å². The molecule has 5 aromatic rings. The van der Waals surface area contributed by atoms with E-state index in [9.17, 15) is 0 Å². The maximum atomic E-state index is 4.93. The molecule has 0 amide bonds. The number of rotatable bonds is 4. The molecule has 28 heavy (non-hydrogen) atoms. The molecule has 0 aliphatic rings. The molecule has 0 unspecified atom stereocenters. The van der Waals surface area contributed by atoms with Crippen LogP contribution >= 0.6 is 27.3 Å². The normalized spacial score (nSPS) is 11.4. The molecule has 0 aliphatic carbocycles. The lowest BCUT2D eigenvalue weighted by Gasteiger charge is -2.15. The highest BCUT2D eigenvalue weighted by Gasteiger charge is 2.23. The number of fused-ring (bicyclic) bond motifs is 1. The van der Waals surface area contributed by atoms with Crippen LogP contribution in [0.3, 0.4) is 0 Å². The van der Waals surface area contributed by atoms with Gasteiger partial charge in [-0.05, 0) is 23.3 Å². The highest BCUT2D eigenvalue weighted by atomic mass is 79.9. The second-order valence-electron chi connectivity index (χ2n) is 6.39. The Morgan fingerprint density at radius 3 is 2.00 bits per heavy atom. The number of nitrogens with zero attached hydrogens (tertiary/aromatic N) is 4. The monoisotopic (exact) mass is 446 g/mol. The molecule has 0 N–H and O–H groups in total. The van der Waals surface area contributed by atoms with Crippen molar-refractivity contribution in [3.8, 4) is 11.4 Å². The lowest BCUT2D eigenvalue weighted by molar-refractivity contribution is 0.863. The zero-order valence-corrected chi connectivity index (χ0v) is 17.1. The van der Waals surface area contributed by atoms with Crippen LogP contribution in [0, 0.1) is 0 Å². The molecule has 5 rings (SSSR count). The summed E-state index contributed by atoms with van der Waals surface area (Å²) < 4.78 is 2.82. The molecule has 6 heteroatoms. The maximum absolute atomic E-state index is 4.93. The highest BCUT2D eigenvalue weighted by Crippen LogP contribution is 2.35. The Kier molecular flexibility index (Phi) is 4.50. The third-order valence-electron chi connectivity index (χ3n) is 4.63. The van der Waals surface area contributed by atoms with E-state index in [4.69, 9.17) is 5.10 Å². The van der Waals surface area contributed by atoms with Gasteiger partial charge in [-0.1, -0.05) is 100 Å². The van der Waals surface area contributed by atoms with Crippen LogP contribution in [0.2, 0.25) is 0 Å². The van der Waals surface area contributed by atoms with E-state index in [0.29, 0.717) is 0 Å². The van der Waals surface area contributed by atoms with Crippen LogP contribution in [0.15, 0.2) is 89.4 Å². The number of hydrogen-bond donors (Lipinski definition) is 0. The Balaban J connectivity index is 1.68. The first-order valence-electron chi connectivity index (χ1n) is 8.88. The fourth-order valence-electron chi connectivity index (χ4n) is 3.33. The van der Waals surface area contributed by atoms with E-state index in [2.05, 4.69) is 74.7 Å². The smallest absolute Gasteiger partial charge is 0.183 e. The fourth-order valence-corrected chi connectivity index (χ4v) is 4.78. The van der Waals surface area contributed by atoms with E-state index in [1.807, 2.05) is 40.9 Å². The Labute approximate surface area is 174 Å². The quantitative estimate of drug-likeness (QED) is 0.350. The number of hydrogen-bond acceptors (Lipinski definition) is 4. The summed E-state index contributed by atoms with van der Waals surface area (Å²) in [5.41, 5.74) is 3.39. The maximum Gasteiger partial charge on any atom is 0.234 e. The van der Waals surface area contributed by atoms with Gasteiger partial charge in [0.05, 0.1) is 5.92 Å². The molecule has 0 saturated heterocycles. The molecule has 0 bridgehead atoms. The van der Waals surface area contributed by atoms with Crippen molar-refractivity contribution in [2.24, 2.45) is 0 Å². The van der Waals surface area contributed by atoms with E-state index in [-0.39, 0.29) is 5.92 Å². The van der Waals surface area contributed by atoms with E-state index in [1.165, 1.54) is 11.1 Å². The number of aromatic nitrogens is 4. The highest BCUT2D eigenvalue weighted by molar-refractivity contribution is 9.10. The summed E-state index contributed by atoms with van der Waals surface area (Å²) in [4.78, 5) is 0.789. The third kappa shape index (κ3) is 3.04. The first-order valence-corrected chi connectivity index (χ1v) is 10.5. The van der Waals surface area contributed by atoms with Gasteiger partial charge in [0.25, 0.3) is 0 Å². The van der Waals surface area contributed by atoms with Crippen molar-refractivity contribution in [3.05, 3.63) is 106 Å². The van der Waals surface area contributed by atoms with Gasteiger partial charge in [-0.25, -0.2) is 0 Å². The molecule has 0 spiro atoms. The van der Waals surface area contributed by atoms with Gasteiger partial charge in [0.2, 0.25) is 4.96 Å². The fraction of sp³-hybridized carbons (Fsp3) is 0.0455. The predicted molar refractivity (Wildman–Crippen MR) is 116 cm³/mol. The topological polar surface area (TPSA) is 43.1 Å². The van der Waals surface area contributed by atoms with Crippen LogP contribution in [-0.2, 0) is 0 Å². The molecule has 0 fully saturated rings. The van der Waals surface area contributed by atoms with Crippen molar-refractivity contribution < 1.29 is 0 Å². The van der Waals surface area contributed by atoms with Gasteiger partial charge in [0.15, 0.2) is 5.82 Å². The molecule has 3 aromatic carbocycles. The zero-order chi connectivity index (χ0) is 18.9. The minimum absolute atomic E-state index is 0.0566. The summed E-state index contributed by atoms with van der Waals surface area (Å²) in [5.74, 6) is 0.797. The zero-order valence-electron chi connectivity index (χ0n) is 14.7. The Morgan fingerprint density at radius 1 is 0.750 bits per heavy atom. The Bertz CT molecular complexity index is 1190.